The number of halogens is 2. The minimum atomic E-state index is -1.51. The molecule has 2 amide bonds. The maximum atomic E-state index is 13.1. The number of benzene rings is 2. The number of amides is 2. The monoisotopic (exact) mass is 400 g/mol. The molecule has 6 rings (SSSR count). The second-order valence-electron chi connectivity index (χ2n) is 7.10. The number of carboxylic acid groups (broad SMARTS) is 1. The van der Waals surface area contributed by atoms with Gasteiger partial charge in [0.1, 0.15) is 9.75 Å². The van der Waals surface area contributed by atoms with Crippen molar-refractivity contribution in [1.29, 1.82) is 0 Å². The predicted molar refractivity (Wildman–Crippen MR) is 94.9 cm³/mol. The highest BCUT2D eigenvalue weighted by molar-refractivity contribution is 6.36. The molecule has 0 saturated carbocycles. The summed E-state index contributed by atoms with van der Waals surface area (Å²) < 4.78 is 0. The van der Waals surface area contributed by atoms with E-state index in [0.29, 0.717) is 22.3 Å². The van der Waals surface area contributed by atoms with Gasteiger partial charge in [-0.2, -0.15) is 0 Å². The predicted octanol–water partition coefficient (Wildman–Crippen LogP) is 1.33. The number of aliphatic carboxylic acids is 1. The van der Waals surface area contributed by atoms with E-state index < -0.39 is 45.9 Å². The van der Waals surface area contributed by atoms with Crippen LogP contribution in [0, 0.1) is 11.8 Å². The van der Waals surface area contributed by atoms with Gasteiger partial charge in [-0.15, -0.1) is 23.2 Å². The highest BCUT2D eigenvalue weighted by Gasteiger charge is 2.72. The SMILES string of the molecule is O=C([O-])CN1C(=O)[C@@H]2[C@H](C1=O)C1(Cl)c3ccccc3C2(Cl)c2ccccc21. The third-order valence-electron chi connectivity index (χ3n) is 5.96. The smallest absolute Gasteiger partial charge is 0.236 e. The van der Waals surface area contributed by atoms with Crippen molar-refractivity contribution in [2.45, 2.75) is 9.75 Å². The van der Waals surface area contributed by atoms with Crippen LogP contribution in [0.5, 0.6) is 0 Å². The summed E-state index contributed by atoms with van der Waals surface area (Å²) in [4.78, 5) is 35.5. The summed E-state index contributed by atoms with van der Waals surface area (Å²) in [6.07, 6.45) is 0. The molecule has 1 aliphatic heterocycles. The Morgan fingerprint density at radius 1 is 0.852 bits per heavy atom. The van der Waals surface area contributed by atoms with Gasteiger partial charge in [-0.05, 0) is 22.3 Å². The van der Waals surface area contributed by atoms with Crippen LogP contribution >= 0.6 is 23.2 Å². The molecule has 7 heteroatoms. The molecule has 1 heterocycles. The third-order valence-corrected chi connectivity index (χ3v) is 7.25. The fourth-order valence-corrected chi connectivity index (χ4v) is 6.11. The summed E-state index contributed by atoms with van der Waals surface area (Å²) in [6.45, 7) is -0.808. The topological polar surface area (TPSA) is 77.5 Å². The number of hydrogen-bond donors (Lipinski definition) is 0. The average Bonchev–Trinajstić information content (AvgIpc) is 2.91. The van der Waals surface area contributed by atoms with Gasteiger partial charge in [0.2, 0.25) is 11.8 Å². The molecule has 1 saturated heterocycles. The van der Waals surface area contributed by atoms with Crippen LogP contribution in [0.2, 0.25) is 0 Å². The minimum Gasteiger partial charge on any atom is -0.548 e. The number of nitrogens with zero attached hydrogens (tertiary/aromatic N) is 1. The van der Waals surface area contributed by atoms with E-state index in [1.807, 2.05) is 48.5 Å². The molecule has 4 aliphatic rings. The van der Waals surface area contributed by atoms with E-state index in [0.717, 1.165) is 4.90 Å². The molecule has 1 fully saturated rings. The van der Waals surface area contributed by atoms with Crippen LogP contribution in [0.25, 0.3) is 0 Å². The van der Waals surface area contributed by atoms with Crippen molar-refractivity contribution in [3.63, 3.8) is 0 Å². The van der Waals surface area contributed by atoms with Gasteiger partial charge in [0.05, 0.1) is 24.3 Å². The quantitative estimate of drug-likeness (QED) is 0.562. The Morgan fingerprint density at radius 3 is 1.48 bits per heavy atom. The maximum absolute atomic E-state index is 13.1. The molecule has 5 nitrogen and oxygen atoms in total. The molecule has 0 aromatic heterocycles. The highest BCUT2D eigenvalue weighted by Crippen LogP contribution is 2.69. The van der Waals surface area contributed by atoms with Crippen LogP contribution < -0.4 is 5.11 Å². The van der Waals surface area contributed by atoms with E-state index in [1.54, 1.807) is 0 Å². The van der Waals surface area contributed by atoms with Crippen molar-refractivity contribution in [3.05, 3.63) is 70.8 Å². The minimum absolute atomic E-state index is 0.627. The van der Waals surface area contributed by atoms with E-state index in [9.17, 15) is 19.5 Å². The number of likely N-dealkylation sites (tertiary alicyclic amines) is 1. The number of imide groups is 1. The Balaban J connectivity index is 1.86. The Labute approximate surface area is 164 Å². The van der Waals surface area contributed by atoms with Gasteiger partial charge >= 0.3 is 0 Å². The number of carbonyl (C=O) groups is 3. The molecular formula is C20H12Cl2NO4-. The van der Waals surface area contributed by atoms with E-state index in [1.165, 1.54) is 0 Å². The molecule has 136 valence electrons. The molecule has 2 bridgehead atoms. The van der Waals surface area contributed by atoms with Crippen LogP contribution in [-0.2, 0) is 24.1 Å². The molecule has 2 atom stereocenters. The number of carboxylic acids is 1. The maximum Gasteiger partial charge on any atom is 0.236 e. The van der Waals surface area contributed by atoms with Gasteiger partial charge in [0.15, 0.2) is 0 Å². The zero-order valence-corrected chi connectivity index (χ0v) is 15.3. The van der Waals surface area contributed by atoms with Gasteiger partial charge in [-0.25, -0.2) is 0 Å². The van der Waals surface area contributed by atoms with Crippen LogP contribution in [0.1, 0.15) is 22.3 Å². The van der Waals surface area contributed by atoms with Crippen molar-refractivity contribution in [2.24, 2.45) is 11.8 Å². The lowest BCUT2D eigenvalue weighted by Crippen LogP contribution is -2.57. The fraction of sp³-hybridized carbons (Fsp3) is 0.250. The number of rotatable bonds is 2. The molecule has 3 aliphatic carbocycles. The number of carbonyl (C=O) groups excluding carboxylic acids is 3. The second kappa shape index (κ2) is 5.12. The summed E-state index contributed by atoms with van der Waals surface area (Å²) in [5.41, 5.74) is 2.72. The van der Waals surface area contributed by atoms with Crippen molar-refractivity contribution in [1.82, 2.24) is 4.90 Å². The van der Waals surface area contributed by atoms with E-state index in [4.69, 9.17) is 23.2 Å². The zero-order valence-electron chi connectivity index (χ0n) is 13.8. The number of alkyl halides is 2. The molecule has 2 aromatic carbocycles. The first-order chi connectivity index (χ1) is 12.8. The van der Waals surface area contributed by atoms with Crippen molar-refractivity contribution >= 4 is 41.0 Å². The Hall–Kier alpha value is -2.37. The van der Waals surface area contributed by atoms with Crippen LogP contribution in [0.4, 0.5) is 0 Å². The Morgan fingerprint density at radius 2 is 1.19 bits per heavy atom. The van der Waals surface area contributed by atoms with E-state index in [-0.39, 0.29) is 0 Å². The summed E-state index contributed by atoms with van der Waals surface area (Å²) in [7, 11) is 0. The van der Waals surface area contributed by atoms with Crippen molar-refractivity contribution in [3.8, 4) is 0 Å². The standard InChI is InChI=1S/C20H13Cl2NO4/c21-19-10-5-1-2-6-11(10)20(22,13-8-4-3-7-12(13)19)16-15(19)17(26)23(18(16)27)9-14(24)25/h1-8,15-16H,9H2,(H,24,25)/p-1/t15-,16+,19?,20?. The van der Waals surface area contributed by atoms with Gasteiger partial charge in [0, 0.05) is 0 Å². The summed E-state index contributed by atoms with van der Waals surface area (Å²) in [6, 6.07) is 14.5. The number of hydrogen-bond acceptors (Lipinski definition) is 4. The molecule has 2 aromatic rings. The highest BCUT2D eigenvalue weighted by atomic mass is 35.5. The summed E-state index contributed by atoms with van der Waals surface area (Å²) >= 11 is 14.3. The lowest BCUT2D eigenvalue weighted by atomic mass is 9.54. The van der Waals surface area contributed by atoms with E-state index in [2.05, 4.69) is 0 Å². The van der Waals surface area contributed by atoms with Crippen LogP contribution in [0.15, 0.2) is 48.5 Å². The zero-order chi connectivity index (χ0) is 19.1. The summed E-state index contributed by atoms with van der Waals surface area (Å²) in [5.74, 6) is -4.72. The molecule has 0 N–H and O–H groups in total. The van der Waals surface area contributed by atoms with Crippen molar-refractivity contribution in [2.75, 3.05) is 6.54 Å². The Bertz CT molecular complexity index is 928. The average molecular weight is 401 g/mol. The molecule has 0 radical (unpaired) electrons. The van der Waals surface area contributed by atoms with Crippen LogP contribution in [0.3, 0.4) is 0 Å². The van der Waals surface area contributed by atoms with Gasteiger partial charge in [-0.3, -0.25) is 14.5 Å². The molecule has 0 unspecified atom stereocenters. The third kappa shape index (κ3) is 1.74. The first-order valence-corrected chi connectivity index (χ1v) is 9.21. The lowest BCUT2D eigenvalue weighted by Gasteiger charge is -2.54. The molecule has 0 spiro atoms. The Kier molecular flexibility index (Phi) is 3.18. The fourth-order valence-electron chi connectivity index (χ4n) is 5.01. The second-order valence-corrected chi connectivity index (χ2v) is 8.30. The first kappa shape index (κ1) is 16.8. The van der Waals surface area contributed by atoms with Gasteiger partial charge in [-0.1, -0.05) is 48.5 Å². The molecular weight excluding hydrogens is 389 g/mol. The first-order valence-electron chi connectivity index (χ1n) is 8.45. The lowest BCUT2D eigenvalue weighted by molar-refractivity contribution is -0.305. The van der Waals surface area contributed by atoms with Gasteiger partial charge < -0.3 is 9.90 Å². The van der Waals surface area contributed by atoms with E-state index >= 15 is 0 Å². The molecule has 27 heavy (non-hydrogen) atoms. The largest absolute Gasteiger partial charge is 0.548 e. The summed E-state index contributed by atoms with van der Waals surface area (Å²) in [5, 5.41) is 11.1. The van der Waals surface area contributed by atoms with Gasteiger partial charge in [0.25, 0.3) is 0 Å². The normalized spacial score (nSPS) is 32.9. The van der Waals surface area contributed by atoms with Crippen molar-refractivity contribution < 1.29 is 19.5 Å². The van der Waals surface area contributed by atoms with Crippen LogP contribution in [-0.4, -0.2) is 29.2 Å².